The highest BCUT2D eigenvalue weighted by molar-refractivity contribution is 6.30. The first-order valence-electron chi connectivity index (χ1n) is 11.8. The molecule has 0 spiro atoms. The van der Waals surface area contributed by atoms with Gasteiger partial charge in [0, 0.05) is 30.0 Å². The van der Waals surface area contributed by atoms with Gasteiger partial charge in [0.25, 0.3) is 5.91 Å². The van der Waals surface area contributed by atoms with Crippen LogP contribution in [0.3, 0.4) is 0 Å². The first-order chi connectivity index (χ1) is 17.3. The number of carbonyl (C=O) groups is 1. The number of methoxy groups -OCH3 is 2. The summed E-state index contributed by atoms with van der Waals surface area (Å²) in [6.45, 7) is 4.63. The predicted molar refractivity (Wildman–Crippen MR) is 146 cm³/mol. The molecule has 0 aliphatic heterocycles. The van der Waals surface area contributed by atoms with Crippen molar-refractivity contribution in [2.24, 2.45) is 0 Å². The number of aryl methyl sites for hydroxylation is 1. The summed E-state index contributed by atoms with van der Waals surface area (Å²) in [6.07, 6.45) is 0.699. The van der Waals surface area contributed by atoms with Crippen molar-refractivity contribution in [2.45, 2.75) is 20.3 Å². The number of rotatable bonds is 8. The first-order valence-corrected chi connectivity index (χ1v) is 12.2. The SMILES string of the molecule is COc1ccc(CCN(C)C(=O)c2cc(-c3ccc(Cl)cc3)n(-c3cccc(C)c3)c2C)cc1OC. The number of likely N-dealkylation sites (N-methyl/N-ethyl adjacent to an activating group) is 1. The van der Waals surface area contributed by atoms with Gasteiger partial charge in [-0.3, -0.25) is 4.79 Å². The van der Waals surface area contributed by atoms with E-state index in [1.807, 2.05) is 68.6 Å². The van der Waals surface area contributed by atoms with Crippen LogP contribution in [0.5, 0.6) is 11.5 Å². The average molecular weight is 503 g/mol. The van der Waals surface area contributed by atoms with Crippen LogP contribution < -0.4 is 9.47 Å². The highest BCUT2D eigenvalue weighted by atomic mass is 35.5. The standard InChI is InChI=1S/C30H31ClN2O3/c1-20-7-6-8-25(17-20)33-21(2)26(19-27(33)23-10-12-24(31)13-11-23)30(34)32(3)16-15-22-9-14-28(35-4)29(18-22)36-5/h6-14,17-19H,15-16H2,1-5H3. The van der Waals surface area contributed by atoms with Crippen LogP contribution in [-0.4, -0.2) is 43.2 Å². The van der Waals surface area contributed by atoms with Crippen LogP contribution in [-0.2, 0) is 6.42 Å². The van der Waals surface area contributed by atoms with Crippen molar-refractivity contribution in [2.75, 3.05) is 27.8 Å². The van der Waals surface area contributed by atoms with E-state index in [-0.39, 0.29) is 5.91 Å². The van der Waals surface area contributed by atoms with Crippen molar-refractivity contribution in [3.63, 3.8) is 0 Å². The van der Waals surface area contributed by atoms with Crippen LogP contribution in [0.1, 0.15) is 27.2 Å². The van der Waals surface area contributed by atoms with Crippen molar-refractivity contribution in [1.29, 1.82) is 0 Å². The van der Waals surface area contributed by atoms with Crippen LogP contribution in [0, 0.1) is 13.8 Å². The lowest BCUT2D eigenvalue weighted by Gasteiger charge is -2.18. The number of benzene rings is 3. The van der Waals surface area contributed by atoms with Crippen molar-refractivity contribution in [1.82, 2.24) is 9.47 Å². The molecule has 5 nitrogen and oxygen atoms in total. The molecule has 0 atom stereocenters. The normalized spacial score (nSPS) is 10.8. The monoisotopic (exact) mass is 502 g/mol. The van der Waals surface area contributed by atoms with Crippen molar-refractivity contribution >= 4 is 17.5 Å². The number of hydrogen-bond donors (Lipinski definition) is 0. The highest BCUT2D eigenvalue weighted by Crippen LogP contribution is 2.32. The molecule has 1 heterocycles. The average Bonchev–Trinajstić information content (AvgIpc) is 3.23. The molecule has 6 heteroatoms. The number of amides is 1. The molecule has 0 fully saturated rings. The highest BCUT2D eigenvalue weighted by Gasteiger charge is 2.22. The molecule has 186 valence electrons. The van der Waals surface area contributed by atoms with E-state index in [0.717, 1.165) is 33.8 Å². The number of halogens is 1. The van der Waals surface area contributed by atoms with Crippen molar-refractivity contribution < 1.29 is 14.3 Å². The lowest BCUT2D eigenvalue weighted by Crippen LogP contribution is -2.29. The zero-order chi connectivity index (χ0) is 25.8. The Bertz CT molecular complexity index is 1380. The fraction of sp³-hybridized carbons (Fsp3) is 0.233. The van der Waals surface area contributed by atoms with Gasteiger partial charge in [0.15, 0.2) is 11.5 Å². The van der Waals surface area contributed by atoms with Gasteiger partial charge >= 0.3 is 0 Å². The van der Waals surface area contributed by atoms with Crippen LogP contribution in [0.15, 0.2) is 72.8 Å². The fourth-order valence-corrected chi connectivity index (χ4v) is 4.52. The van der Waals surface area contributed by atoms with E-state index in [2.05, 4.69) is 29.7 Å². The van der Waals surface area contributed by atoms with Crippen LogP contribution in [0.2, 0.25) is 5.02 Å². The Morgan fingerprint density at radius 3 is 2.31 bits per heavy atom. The number of carbonyl (C=O) groups excluding carboxylic acids is 1. The number of ether oxygens (including phenoxy) is 2. The van der Waals surface area contributed by atoms with Gasteiger partial charge in [-0.2, -0.15) is 0 Å². The number of hydrogen-bond acceptors (Lipinski definition) is 3. The minimum atomic E-state index is -0.0189. The number of nitrogens with zero attached hydrogens (tertiary/aromatic N) is 2. The van der Waals surface area contributed by atoms with Crippen molar-refractivity contribution in [3.8, 4) is 28.4 Å². The molecule has 4 rings (SSSR count). The molecular formula is C30H31ClN2O3. The molecule has 0 N–H and O–H groups in total. The fourth-order valence-electron chi connectivity index (χ4n) is 4.40. The molecule has 3 aromatic carbocycles. The largest absolute Gasteiger partial charge is 0.493 e. The second kappa shape index (κ2) is 10.9. The predicted octanol–water partition coefficient (Wildman–Crippen LogP) is 6.75. The van der Waals surface area contributed by atoms with E-state index in [0.29, 0.717) is 35.1 Å². The van der Waals surface area contributed by atoms with Crippen LogP contribution in [0.4, 0.5) is 0 Å². The van der Waals surface area contributed by atoms with E-state index in [9.17, 15) is 4.79 Å². The van der Waals surface area contributed by atoms with E-state index < -0.39 is 0 Å². The minimum absolute atomic E-state index is 0.0189. The number of aromatic nitrogens is 1. The van der Waals surface area contributed by atoms with E-state index >= 15 is 0 Å². The zero-order valence-corrected chi connectivity index (χ0v) is 22.1. The zero-order valence-electron chi connectivity index (χ0n) is 21.3. The molecule has 36 heavy (non-hydrogen) atoms. The van der Waals surface area contributed by atoms with Gasteiger partial charge in [-0.25, -0.2) is 0 Å². The molecule has 1 amide bonds. The Morgan fingerprint density at radius 2 is 1.64 bits per heavy atom. The molecule has 0 radical (unpaired) electrons. The third-order valence-electron chi connectivity index (χ3n) is 6.41. The summed E-state index contributed by atoms with van der Waals surface area (Å²) in [4.78, 5) is 15.4. The molecule has 0 unspecified atom stereocenters. The summed E-state index contributed by atoms with van der Waals surface area (Å²) < 4.78 is 12.9. The van der Waals surface area contributed by atoms with Gasteiger partial charge in [0.2, 0.25) is 0 Å². The molecule has 0 aliphatic carbocycles. The van der Waals surface area contributed by atoms with Gasteiger partial charge in [-0.15, -0.1) is 0 Å². The summed E-state index contributed by atoms with van der Waals surface area (Å²) >= 11 is 6.14. The maximum absolute atomic E-state index is 13.6. The Kier molecular flexibility index (Phi) is 7.70. The van der Waals surface area contributed by atoms with Gasteiger partial charge in [0.1, 0.15) is 0 Å². The molecule has 0 bridgehead atoms. The lowest BCUT2D eigenvalue weighted by molar-refractivity contribution is 0.0796. The van der Waals surface area contributed by atoms with E-state index in [4.69, 9.17) is 21.1 Å². The Hall–Kier alpha value is -3.70. The van der Waals surface area contributed by atoms with Crippen molar-refractivity contribution in [3.05, 3.63) is 100 Å². The second-order valence-corrected chi connectivity index (χ2v) is 9.31. The van der Waals surface area contributed by atoms with Gasteiger partial charge in [-0.1, -0.05) is 41.9 Å². The third kappa shape index (κ3) is 5.26. The summed E-state index contributed by atoms with van der Waals surface area (Å²) in [5, 5.41) is 0.676. The van der Waals surface area contributed by atoms with Gasteiger partial charge < -0.3 is 18.9 Å². The summed E-state index contributed by atoms with van der Waals surface area (Å²) in [5.74, 6) is 1.35. The molecule has 0 saturated carbocycles. The van der Waals surface area contributed by atoms with E-state index in [1.165, 1.54) is 0 Å². The van der Waals surface area contributed by atoms with Gasteiger partial charge in [0.05, 0.1) is 25.5 Å². The molecule has 1 aromatic heterocycles. The maximum atomic E-state index is 13.6. The quantitative estimate of drug-likeness (QED) is 0.268. The Balaban J connectivity index is 1.65. The Labute approximate surface area is 217 Å². The van der Waals surface area contributed by atoms with E-state index in [1.54, 1.807) is 19.1 Å². The first kappa shape index (κ1) is 25.4. The van der Waals surface area contributed by atoms with Crippen LogP contribution in [0.25, 0.3) is 16.9 Å². The van der Waals surface area contributed by atoms with Crippen LogP contribution >= 0.6 is 11.6 Å². The summed E-state index contributed by atoms with van der Waals surface area (Å²) in [6, 6.07) is 23.8. The minimum Gasteiger partial charge on any atom is -0.493 e. The smallest absolute Gasteiger partial charge is 0.255 e. The molecule has 0 saturated heterocycles. The lowest BCUT2D eigenvalue weighted by atomic mass is 10.1. The third-order valence-corrected chi connectivity index (χ3v) is 6.66. The maximum Gasteiger partial charge on any atom is 0.255 e. The topological polar surface area (TPSA) is 43.7 Å². The molecule has 0 aliphatic rings. The molecule has 4 aromatic rings. The summed E-state index contributed by atoms with van der Waals surface area (Å²) in [7, 11) is 5.08. The summed E-state index contributed by atoms with van der Waals surface area (Å²) in [5.41, 5.74) is 6.77. The second-order valence-electron chi connectivity index (χ2n) is 8.88. The Morgan fingerprint density at radius 1 is 0.917 bits per heavy atom. The molecular weight excluding hydrogens is 472 g/mol. The van der Waals surface area contributed by atoms with Gasteiger partial charge in [-0.05, 0) is 79.4 Å².